The topological polar surface area (TPSA) is 30.5 Å². The first kappa shape index (κ1) is 14.1. The van der Waals surface area contributed by atoms with Crippen molar-refractivity contribution in [3.63, 3.8) is 0 Å². The number of benzene rings is 1. The van der Waals surface area contributed by atoms with Crippen LogP contribution in [0.2, 0.25) is 0 Å². The maximum Gasteiger partial charge on any atom is 0.176 e. The van der Waals surface area contributed by atoms with E-state index in [1.54, 1.807) is 20.3 Å². The Bertz CT molecular complexity index is 353. The summed E-state index contributed by atoms with van der Waals surface area (Å²) in [5.74, 6) is -0.251. The van der Waals surface area contributed by atoms with Crippen LogP contribution in [0.1, 0.15) is 24.1 Å². The van der Waals surface area contributed by atoms with Crippen molar-refractivity contribution < 1.29 is 13.9 Å². The molecule has 4 heteroatoms. The molecular weight excluding hydrogens is 221 g/mol. The summed E-state index contributed by atoms with van der Waals surface area (Å²) in [4.78, 5) is 0. The number of methoxy groups -OCH3 is 2. The fourth-order valence-corrected chi connectivity index (χ4v) is 1.89. The first-order chi connectivity index (χ1) is 8.13. The third kappa shape index (κ3) is 3.49. The van der Waals surface area contributed by atoms with Crippen LogP contribution < -0.4 is 5.32 Å². The zero-order valence-electron chi connectivity index (χ0n) is 10.8. The fraction of sp³-hybridized carbons (Fsp3) is 0.538. The number of aryl methyl sites for hydroxylation is 1. The van der Waals surface area contributed by atoms with Crippen LogP contribution >= 0.6 is 0 Å². The van der Waals surface area contributed by atoms with E-state index < -0.39 is 6.29 Å². The number of hydrogen-bond acceptors (Lipinski definition) is 3. The average Bonchev–Trinajstić information content (AvgIpc) is 2.33. The fourth-order valence-electron chi connectivity index (χ4n) is 1.89. The number of hydrogen-bond donors (Lipinski definition) is 1. The van der Waals surface area contributed by atoms with E-state index in [0.717, 1.165) is 17.7 Å². The monoisotopic (exact) mass is 241 g/mol. The highest BCUT2D eigenvalue weighted by atomic mass is 19.1. The second-order valence-corrected chi connectivity index (χ2v) is 3.88. The van der Waals surface area contributed by atoms with Gasteiger partial charge in [-0.1, -0.05) is 13.0 Å². The minimum atomic E-state index is -0.435. The molecule has 1 N–H and O–H groups in total. The van der Waals surface area contributed by atoms with Gasteiger partial charge in [0.2, 0.25) is 0 Å². The molecule has 0 heterocycles. The summed E-state index contributed by atoms with van der Waals surface area (Å²) in [6.45, 7) is 4.69. The first-order valence-electron chi connectivity index (χ1n) is 5.69. The quantitative estimate of drug-likeness (QED) is 0.776. The maximum absolute atomic E-state index is 13.3. The zero-order chi connectivity index (χ0) is 12.8. The second kappa shape index (κ2) is 6.69. The molecular formula is C13H20FNO2. The van der Waals surface area contributed by atoms with E-state index >= 15 is 0 Å². The second-order valence-electron chi connectivity index (χ2n) is 3.88. The molecule has 0 saturated carbocycles. The minimum Gasteiger partial charge on any atom is -0.354 e. The van der Waals surface area contributed by atoms with E-state index in [9.17, 15) is 4.39 Å². The number of rotatable bonds is 6. The van der Waals surface area contributed by atoms with E-state index in [4.69, 9.17) is 9.47 Å². The van der Waals surface area contributed by atoms with Gasteiger partial charge in [0.25, 0.3) is 0 Å². The van der Waals surface area contributed by atoms with Crippen molar-refractivity contribution in [2.45, 2.75) is 26.2 Å². The molecule has 0 spiro atoms. The number of halogens is 1. The molecule has 0 aliphatic heterocycles. The van der Waals surface area contributed by atoms with Crippen LogP contribution in [0.25, 0.3) is 0 Å². The molecule has 0 radical (unpaired) electrons. The molecule has 96 valence electrons. The predicted octanol–water partition coefficient (Wildman–Crippen LogP) is 2.40. The Hall–Kier alpha value is -0.970. The molecule has 1 atom stereocenters. The van der Waals surface area contributed by atoms with E-state index in [1.165, 1.54) is 12.1 Å². The molecule has 1 unspecified atom stereocenters. The van der Waals surface area contributed by atoms with E-state index in [2.05, 4.69) is 5.32 Å². The summed E-state index contributed by atoms with van der Waals surface area (Å²) in [6, 6.07) is 4.56. The van der Waals surface area contributed by atoms with Gasteiger partial charge in [-0.15, -0.1) is 0 Å². The van der Waals surface area contributed by atoms with E-state index in [1.807, 2.05) is 13.8 Å². The van der Waals surface area contributed by atoms with Gasteiger partial charge in [0, 0.05) is 14.2 Å². The maximum atomic E-state index is 13.3. The predicted molar refractivity (Wildman–Crippen MR) is 65.4 cm³/mol. The molecule has 1 aromatic carbocycles. The number of nitrogens with one attached hydrogen (secondary N) is 1. The van der Waals surface area contributed by atoms with Crippen molar-refractivity contribution in [3.05, 3.63) is 35.1 Å². The van der Waals surface area contributed by atoms with Crippen molar-refractivity contribution in [2.75, 3.05) is 20.8 Å². The van der Waals surface area contributed by atoms with Gasteiger partial charge in [0.15, 0.2) is 6.29 Å². The van der Waals surface area contributed by atoms with E-state index in [0.29, 0.717) is 0 Å². The lowest BCUT2D eigenvalue weighted by molar-refractivity contribution is -0.124. The van der Waals surface area contributed by atoms with Crippen LogP contribution in [0, 0.1) is 12.7 Å². The summed E-state index contributed by atoms with van der Waals surface area (Å²) >= 11 is 0. The molecule has 0 aliphatic carbocycles. The highest BCUT2D eigenvalue weighted by molar-refractivity contribution is 5.30. The summed E-state index contributed by atoms with van der Waals surface area (Å²) in [5, 5.41) is 3.25. The zero-order valence-corrected chi connectivity index (χ0v) is 10.8. The highest BCUT2D eigenvalue weighted by Crippen LogP contribution is 2.23. The molecule has 17 heavy (non-hydrogen) atoms. The van der Waals surface area contributed by atoms with Crippen LogP contribution in [-0.2, 0) is 9.47 Å². The van der Waals surface area contributed by atoms with Crippen molar-refractivity contribution in [3.8, 4) is 0 Å². The lowest BCUT2D eigenvalue weighted by Crippen LogP contribution is -2.35. The Morgan fingerprint density at radius 2 is 1.94 bits per heavy atom. The smallest absolute Gasteiger partial charge is 0.176 e. The van der Waals surface area contributed by atoms with Crippen molar-refractivity contribution >= 4 is 0 Å². The molecule has 0 amide bonds. The summed E-state index contributed by atoms with van der Waals surface area (Å²) in [5.41, 5.74) is 1.87. The molecule has 0 aliphatic rings. The Kier molecular flexibility index (Phi) is 5.55. The lowest BCUT2D eigenvalue weighted by atomic mass is 10.0. The van der Waals surface area contributed by atoms with Crippen molar-refractivity contribution in [1.29, 1.82) is 0 Å². The third-order valence-corrected chi connectivity index (χ3v) is 2.74. The Morgan fingerprint density at radius 3 is 2.47 bits per heavy atom. The molecule has 3 nitrogen and oxygen atoms in total. The van der Waals surface area contributed by atoms with Crippen LogP contribution in [0.4, 0.5) is 4.39 Å². The van der Waals surface area contributed by atoms with Crippen molar-refractivity contribution in [1.82, 2.24) is 5.32 Å². The summed E-state index contributed by atoms with van der Waals surface area (Å²) in [6.07, 6.45) is -0.435. The lowest BCUT2D eigenvalue weighted by Gasteiger charge is -2.27. The van der Waals surface area contributed by atoms with Gasteiger partial charge in [-0.3, -0.25) is 0 Å². The number of likely N-dealkylation sites (N-methyl/N-ethyl adjacent to an activating group) is 1. The van der Waals surface area contributed by atoms with Gasteiger partial charge < -0.3 is 14.8 Å². The first-order valence-corrected chi connectivity index (χ1v) is 5.69. The normalized spacial score (nSPS) is 13.1. The van der Waals surface area contributed by atoms with Gasteiger partial charge in [-0.25, -0.2) is 4.39 Å². The Labute approximate surface area is 102 Å². The van der Waals surface area contributed by atoms with Gasteiger partial charge >= 0.3 is 0 Å². The van der Waals surface area contributed by atoms with Gasteiger partial charge in [-0.2, -0.15) is 0 Å². The average molecular weight is 241 g/mol. The van der Waals surface area contributed by atoms with Gasteiger partial charge in [0.1, 0.15) is 5.82 Å². The number of ether oxygens (including phenoxy) is 2. The molecule has 1 rings (SSSR count). The van der Waals surface area contributed by atoms with Gasteiger partial charge in [0.05, 0.1) is 6.04 Å². The SMILES string of the molecule is CCNC(c1cc(F)ccc1C)C(OC)OC. The molecule has 1 aromatic rings. The molecule has 0 saturated heterocycles. The minimum absolute atomic E-state index is 0.175. The third-order valence-electron chi connectivity index (χ3n) is 2.74. The van der Waals surface area contributed by atoms with Crippen LogP contribution in [-0.4, -0.2) is 27.1 Å². The summed E-state index contributed by atoms with van der Waals surface area (Å²) in [7, 11) is 3.15. The van der Waals surface area contributed by atoms with Crippen LogP contribution in [0.5, 0.6) is 0 Å². The Balaban J connectivity index is 3.07. The highest BCUT2D eigenvalue weighted by Gasteiger charge is 2.23. The standard InChI is InChI=1S/C13H20FNO2/c1-5-15-12(13(16-3)17-4)11-8-10(14)7-6-9(11)2/h6-8,12-13,15H,5H2,1-4H3. The van der Waals surface area contributed by atoms with E-state index in [-0.39, 0.29) is 11.9 Å². The largest absolute Gasteiger partial charge is 0.354 e. The molecule has 0 fully saturated rings. The van der Waals surface area contributed by atoms with Crippen LogP contribution in [0.3, 0.4) is 0 Å². The molecule has 0 aromatic heterocycles. The molecule has 0 bridgehead atoms. The van der Waals surface area contributed by atoms with Crippen LogP contribution in [0.15, 0.2) is 18.2 Å². The van der Waals surface area contributed by atoms with Gasteiger partial charge in [-0.05, 0) is 36.7 Å². The van der Waals surface area contributed by atoms with Crippen molar-refractivity contribution in [2.24, 2.45) is 0 Å². The Morgan fingerprint density at radius 1 is 1.29 bits per heavy atom. The summed E-state index contributed by atoms with van der Waals surface area (Å²) < 4.78 is 23.8.